The molecule has 0 nitrogen and oxygen atoms in total. The molecule has 0 aromatic heterocycles. The Balaban J connectivity index is 2.34. The van der Waals surface area contributed by atoms with E-state index < -0.39 is 0 Å². The average Bonchev–Trinajstić information content (AvgIpc) is 2.41. The summed E-state index contributed by atoms with van der Waals surface area (Å²) in [4.78, 5) is 0.889. The molecule has 0 bridgehead atoms. The zero-order valence-corrected chi connectivity index (χ0v) is 13.1. The van der Waals surface area contributed by atoms with E-state index >= 15 is 0 Å². The highest BCUT2D eigenvalue weighted by Crippen LogP contribution is 2.36. The SMILES string of the molecule is Sc1cc(Cl)ccc1-c1ccc(Br)c2ccccc12. The molecule has 0 saturated heterocycles. The van der Waals surface area contributed by atoms with Crippen LogP contribution in [0.2, 0.25) is 5.02 Å². The molecule has 0 saturated carbocycles. The van der Waals surface area contributed by atoms with Crippen LogP contribution < -0.4 is 0 Å². The van der Waals surface area contributed by atoms with Crippen LogP contribution in [0.4, 0.5) is 0 Å². The Morgan fingerprint density at radius 2 is 1.53 bits per heavy atom. The maximum atomic E-state index is 5.99. The van der Waals surface area contributed by atoms with Gasteiger partial charge in [-0.2, -0.15) is 0 Å². The Morgan fingerprint density at radius 1 is 0.842 bits per heavy atom. The highest BCUT2D eigenvalue weighted by Gasteiger charge is 2.09. The van der Waals surface area contributed by atoms with Crippen molar-refractivity contribution in [3.05, 3.63) is 64.1 Å². The van der Waals surface area contributed by atoms with Crippen molar-refractivity contribution in [2.75, 3.05) is 0 Å². The summed E-state index contributed by atoms with van der Waals surface area (Å²) in [6, 6.07) is 18.3. The molecule has 0 spiro atoms. The molecule has 0 aliphatic rings. The van der Waals surface area contributed by atoms with E-state index in [0.29, 0.717) is 5.02 Å². The highest BCUT2D eigenvalue weighted by atomic mass is 79.9. The molecule has 0 amide bonds. The minimum absolute atomic E-state index is 0.704. The molecule has 3 heteroatoms. The van der Waals surface area contributed by atoms with Crippen LogP contribution in [0.25, 0.3) is 21.9 Å². The maximum absolute atomic E-state index is 5.99. The molecule has 3 aromatic carbocycles. The first-order chi connectivity index (χ1) is 9.16. The van der Waals surface area contributed by atoms with Crippen molar-refractivity contribution >= 4 is 50.9 Å². The van der Waals surface area contributed by atoms with E-state index in [1.54, 1.807) is 0 Å². The lowest BCUT2D eigenvalue weighted by atomic mass is 9.98. The summed E-state index contributed by atoms with van der Waals surface area (Å²) in [5.41, 5.74) is 2.26. The van der Waals surface area contributed by atoms with Gasteiger partial charge in [0.1, 0.15) is 0 Å². The van der Waals surface area contributed by atoms with Crippen LogP contribution in [0, 0.1) is 0 Å². The van der Waals surface area contributed by atoms with E-state index in [-0.39, 0.29) is 0 Å². The average molecular weight is 350 g/mol. The zero-order valence-electron chi connectivity index (χ0n) is 9.90. The maximum Gasteiger partial charge on any atom is 0.0417 e. The molecule has 0 aliphatic carbocycles. The second kappa shape index (κ2) is 5.20. The minimum Gasteiger partial charge on any atom is -0.143 e. The molecule has 3 aromatic rings. The van der Waals surface area contributed by atoms with Gasteiger partial charge in [-0.3, -0.25) is 0 Å². The first-order valence-corrected chi connectivity index (χ1v) is 7.45. The Labute approximate surface area is 130 Å². The van der Waals surface area contributed by atoms with E-state index in [0.717, 1.165) is 14.9 Å². The molecule has 3 rings (SSSR count). The minimum atomic E-state index is 0.704. The van der Waals surface area contributed by atoms with Crippen LogP contribution in [0.15, 0.2) is 64.0 Å². The molecule has 0 heterocycles. The largest absolute Gasteiger partial charge is 0.143 e. The van der Waals surface area contributed by atoms with Gasteiger partial charge in [0.25, 0.3) is 0 Å². The fourth-order valence-electron chi connectivity index (χ4n) is 2.23. The number of benzene rings is 3. The normalized spacial score (nSPS) is 10.9. The van der Waals surface area contributed by atoms with Crippen molar-refractivity contribution in [2.24, 2.45) is 0 Å². The lowest BCUT2D eigenvalue weighted by molar-refractivity contribution is 1.47. The molecule has 0 unspecified atom stereocenters. The molecule has 94 valence electrons. The summed E-state index contributed by atoms with van der Waals surface area (Å²) >= 11 is 14.1. The molecule has 0 fully saturated rings. The van der Waals surface area contributed by atoms with Crippen molar-refractivity contribution in [3.8, 4) is 11.1 Å². The monoisotopic (exact) mass is 348 g/mol. The summed E-state index contributed by atoms with van der Waals surface area (Å²) in [6.07, 6.45) is 0. The molecule has 0 atom stereocenters. The van der Waals surface area contributed by atoms with Crippen LogP contribution >= 0.6 is 40.2 Å². The van der Waals surface area contributed by atoms with Gasteiger partial charge < -0.3 is 0 Å². The fraction of sp³-hybridized carbons (Fsp3) is 0. The molecule has 0 aliphatic heterocycles. The molecule has 0 radical (unpaired) electrons. The third-order valence-electron chi connectivity index (χ3n) is 3.12. The second-order valence-corrected chi connectivity index (χ2v) is 6.07. The van der Waals surface area contributed by atoms with Gasteiger partial charge in [-0.25, -0.2) is 0 Å². The standard InChI is InChI=1S/C16H10BrClS/c17-15-8-7-12(11-3-1-2-4-13(11)15)14-6-5-10(18)9-16(14)19/h1-9,19H. The number of thiol groups is 1. The molecule has 0 N–H and O–H groups in total. The van der Waals surface area contributed by atoms with Gasteiger partial charge in [0.15, 0.2) is 0 Å². The first-order valence-electron chi connectivity index (χ1n) is 5.83. The van der Waals surface area contributed by atoms with E-state index in [4.69, 9.17) is 11.6 Å². The van der Waals surface area contributed by atoms with Crippen LogP contribution in [0.1, 0.15) is 0 Å². The van der Waals surface area contributed by atoms with E-state index in [1.807, 2.05) is 30.3 Å². The summed E-state index contributed by atoms with van der Waals surface area (Å²) in [6.45, 7) is 0. The second-order valence-electron chi connectivity index (χ2n) is 4.30. The number of rotatable bonds is 1. The van der Waals surface area contributed by atoms with Crippen LogP contribution in [0.3, 0.4) is 0 Å². The third-order valence-corrected chi connectivity index (χ3v) is 4.42. The van der Waals surface area contributed by atoms with Crippen LogP contribution in [0.5, 0.6) is 0 Å². The van der Waals surface area contributed by atoms with Crippen molar-refractivity contribution in [2.45, 2.75) is 4.90 Å². The third kappa shape index (κ3) is 2.40. The van der Waals surface area contributed by atoms with Gasteiger partial charge in [0.05, 0.1) is 0 Å². The van der Waals surface area contributed by atoms with E-state index in [2.05, 4.69) is 52.8 Å². The van der Waals surface area contributed by atoms with Crippen LogP contribution in [-0.2, 0) is 0 Å². The van der Waals surface area contributed by atoms with Crippen LogP contribution in [-0.4, -0.2) is 0 Å². The summed E-state index contributed by atoms with van der Waals surface area (Å²) in [5, 5.41) is 3.10. The van der Waals surface area contributed by atoms with Gasteiger partial charge in [-0.05, 0) is 40.1 Å². The van der Waals surface area contributed by atoms with Crippen molar-refractivity contribution in [1.82, 2.24) is 0 Å². The predicted octanol–water partition coefficient (Wildman–Crippen LogP) is 6.21. The lowest BCUT2D eigenvalue weighted by Crippen LogP contribution is -1.84. The van der Waals surface area contributed by atoms with E-state index in [9.17, 15) is 0 Å². The number of hydrogen-bond acceptors (Lipinski definition) is 1. The molecular weight excluding hydrogens is 340 g/mol. The Kier molecular flexibility index (Phi) is 3.57. The molecular formula is C16H10BrClS. The lowest BCUT2D eigenvalue weighted by Gasteiger charge is -2.11. The smallest absolute Gasteiger partial charge is 0.0417 e. The highest BCUT2D eigenvalue weighted by molar-refractivity contribution is 9.10. The predicted molar refractivity (Wildman–Crippen MR) is 89.3 cm³/mol. The zero-order chi connectivity index (χ0) is 13.4. The van der Waals surface area contributed by atoms with E-state index in [1.165, 1.54) is 16.3 Å². The fourth-order valence-corrected chi connectivity index (χ4v) is 3.29. The van der Waals surface area contributed by atoms with Gasteiger partial charge in [0, 0.05) is 14.4 Å². The number of hydrogen-bond donors (Lipinski definition) is 1. The van der Waals surface area contributed by atoms with Crippen molar-refractivity contribution < 1.29 is 0 Å². The van der Waals surface area contributed by atoms with Crippen molar-refractivity contribution in [1.29, 1.82) is 0 Å². The quantitative estimate of drug-likeness (QED) is 0.496. The van der Waals surface area contributed by atoms with Gasteiger partial charge >= 0.3 is 0 Å². The summed E-state index contributed by atoms with van der Waals surface area (Å²) < 4.78 is 1.10. The first kappa shape index (κ1) is 13.0. The van der Waals surface area contributed by atoms with Gasteiger partial charge in [-0.1, -0.05) is 63.9 Å². The van der Waals surface area contributed by atoms with Gasteiger partial charge in [0.2, 0.25) is 0 Å². The number of halogens is 2. The summed E-state index contributed by atoms with van der Waals surface area (Å²) in [5.74, 6) is 0. The number of fused-ring (bicyclic) bond motifs is 1. The Hall–Kier alpha value is -0.960. The summed E-state index contributed by atoms with van der Waals surface area (Å²) in [7, 11) is 0. The molecule has 19 heavy (non-hydrogen) atoms. The topological polar surface area (TPSA) is 0 Å². The Morgan fingerprint density at radius 3 is 2.26 bits per heavy atom. The van der Waals surface area contributed by atoms with Gasteiger partial charge in [-0.15, -0.1) is 12.6 Å². The van der Waals surface area contributed by atoms with Crippen molar-refractivity contribution in [3.63, 3.8) is 0 Å². The Bertz CT molecular complexity index is 768.